The number of hydrogen-bond acceptors (Lipinski definition) is 4. The lowest BCUT2D eigenvalue weighted by Crippen LogP contribution is -2.17. The van der Waals surface area contributed by atoms with Crippen LogP contribution in [0.5, 0.6) is 0 Å². The minimum absolute atomic E-state index is 0.0758. The Balaban J connectivity index is 1.92. The van der Waals surface area contributed by atoms with Gasteiger partial charge < -0.3 is 4.74 Å². The summed E-state index contributed by atoms with van der Waals surface area (Å²) in [5, 5.41) is 0. The summed E-state index contributed by atoms with van der Waals surface area (Å²) in [6, 6.07) is 20.3. The fourth-order valence-corrected chi connectivity index (χ4v) is 6.51. The van der Waals surface area contributed by atoms with E-state index in [-0.39, 0.29) is 27.6 Å². The zero-order valence-electron chi connectivity index (χ0n) is 28.2. The molecule has 228 valence electrons. The van der Waals surface area contributed by atoms with Crippen molar-refractivity contribution in [2.24, 2.45) is 0 Å². The fraction of sp³-hybridized carbons (Fsp3) is 0.500. The zero-order chi connectivity index (χ0) is 31.7. The molecule has 0 N–H and O–H groups in total. The first-order valence-electron chi connectivity index (χ1n) is 15.0. The van der Waals surface area contributed by atoms with Crippen LogP contribution < -0.4 is 0 Å². The van der Waals surface area contributed by atoms with Gasteiger partial charge in [0.05, 0.1) is 12.7 Å². The molecule has 0 heterocycles. The second-order valence-electron chi connectivity index (χ2n) is 15.6. The number of esters is 1. The lowest BCUT2D eigenvalue weighted by molar-refractivity contribution is 0.0600. The van der Waals surface area contributed by atoms with Gasteiger partial charge in [-0.2, -0.15) is 0 Å². The van der Waals surface area contributed by atoms with Crippen LogP contribution in [-0.4, -0.2) is 13.1 Å². The molecule has 0 aliphatic rings. The Morgan fingerprint density at radius 1 is 0.524 bits per heavy atom. The Bertz CT molecular complexity index is 1240. The van der Waals surface area contributed by atoms with Crippen molar-refractivity contribution in [2.45, 2.75) is 126 Å². The molecule has 3 aromatic rings. The number of carbonyl (C=O) groups excluding carboxylic acids is 1. The summed E-state index contributed by atoms with van der Waals surface area (Å²) in [6.45, 7) is 27.3. The first-order valence-corrected chi connectivity index (χ1v) is 16.9. The average molecular weight is 605 g/mol. The topological polar surface area (TPSA) is 26.3 Å². The summed E-state index contributed by atoms with van der Waals surface area (Å²) in [5.41, 5.74) is 8.96. The van der Waals surface area contributed by atoms with Gasteiger partial charge in [0.15, 0.2) is 0 Å². The number of benzene rings is 3. The van der Waals surface area contributed by atoms with Crippen LogP contribution in [0.2, 0.25) is 0 Å². The smallest absolute Gasteiger partial charge is 0.337 e. The third-order valence-corrected chi connectivity index (χ3v) is 9.66. The van der Waals surface area contributed by atoms with Crippen molar-refractivity contribution >= 4 is 29.5 Å². The second kappa shape index (κ2) is 12.8. The molecule has 0 saturated carbocycles. The van der Waals surface area contributed by atoms with E-state index in [1.165, 1.54) is 40.5 Å². The van der Waals surface area contributed by atoms with Crippen LogP contribution in [0, 0.1) is 0 Å². The van der Waals surface area contributed by atoms with Crippen molar-refractivity contribution < 1.29 is 9.53 Å². The molecule has 0 unspecified atom stereocenters. The van der Waals surface area contributed by atoms with Gasteiger partial charge >= 0.3 is 5.97 Å². The molecule has 4 heteroatoms. The van der Waals surface area contributed by atoms with E-state index >= 15 is 0 Å². The largest absolute Gasteiger partial charge is 0.465 e. The number of carbonyl (C=O) groups is 1. The predicted molar refractivity (Wildman–Crippen MR) is 185 cm³/mol. The minimum Gasteiger partial charge on any atom is -0.465 e. The number of ether oxygens (including phenoxy) is 1. The van der Waals surface area contributed by atoms with Crippen LogP contribution in [0.4, 0.5) is 0 Å². The van der Waals surface area contributed by atoms with Crippen LogP contribution in [0.15, 0.2) is 64.4 Å². The van der Waals surface area contributed by atoms with Gasteiger partial charge in [-0.15, -0.1) is 23.5 Å². The maximum atomic E-state index is 12.6. The lowest BCUT2D eigenvalue weighted by atomic mass is 9.80. The third-order valence-electron chi connectivity index (χ3n) is 7.56. The van der Waals surface area contributed by atoms with Crippen molar-refractivity contribution in [3.8, 4) is 0 Å². The minimum atomic E-state index is -0.297. The molecular formula is C38H52O2S2. The van der Waals surface area contributed by atoms with Gasteiger partial charge in [0.25, 0.3) is 0 Å². The second-order valence-corrected chi connectivity index (χ2v) is 17.7. The first-order chi connectivity index (χ1) is 19.2. The standard InChI is InChI=1S/C38H52O2S2/c1-35(2,3)28-14-25(15-29(20-28)36(4,5)6)23-41-32-18-27(34(39)40-13)19-33(22-32)42-24-26-16-30(37(7,8)9)21-31(17-26)38(10,11)12/h14-22H,23-24H2,1-13H3. The highest BCUT2D eigenvalue weighted by Crippen LogP contribution is 2.36. The van der Waals surface area contributed by atoms with Gasteiger partial charge in [0.2, 0.25) is 0 Å². The molecule has 0 aromatic heterocycles. The highest BCUT2D eigenvalue weighted by molar-refractivity contribution is 7.99. The van der Waals surface area contributed by atoms with Crippen molar-refractivity contribution in [3.05, 3.63) is 93.5 Å². The van der Waals surface area contributed by atoms with E-state index in [0.29, 0.717) is 5.56 Å². The Morgan fingerprint density at radius 2 is 0.833 bits per heavy atom. The number of rotatable bonds is 7. The zero-order valence-corrected chi connectivity index (χ0v) is 29.9. The summed E-state index contributed by atoms with van der Waals surface area (Å²) in [6.07, 6.45) is 0. The molecule has 0 fully saturated rings. The SMILES string of the molecule is COC(=O)c1cc(SCc2cc(C(C)(C)C)cc(C(C)(C)C)c2)cc(SCc2cc(C(C)(C)C)cc(C(C)(C)C)c2)c1. The summed E-state index contributed by atoms with van der Waals surface area (Å²) < 4.78 is 5.13. The van der Waals surface area contributed by atoms with Gasteiger partial charge in [-0.05, 0) is 73.2 Å². The summed E-state index contributed by atoms with van der Waals surface area (Å²) in [7, 11) is 1.45. The van der Waals surface area contributed by atoms with Crippen LogP contribution in [0.25, 0.3) is 0 Å². The molecule has 42 heavy (non-hydrogen) atoms. The lowest BCUT2D eigenvalue weighted by Gasteiger charge is -2.26. The molecular weight excluding hydrogens is 553 g/mol. The van der Waals surface area contributed by atoms with Gasteiger partial charge in [-0.25, -0.2) is 4.79 Å². The van der Waals surface area contributed by atoms with Gasteiger partial charge in [-0.1, -0.05) is 119 Å². The maximum absolute atomic E-state index is 12.6. The molecule has 0 aliphatic carbocycles. The predicted octanol–water partition coefficient (Wildman–Crippen LogP) is 11.2. The quantitative estimate of drug-likeness (QED) is 0.198. The first kappa shape index (κ1) is 34.3. The molecule has 2 nitrogen and oxygen atoms in total. The molecule has 3 aromatic carbocycles. The number of thioether (sulfide) groups is 2. The van der Waals surface area contributed by atoms with Crippen molar-refractivity contribution in [1.29, 1.82) is 0 Å². The fourth-order valence-electron chi connectivity index (χ4n) is 4.59. The molecule has 0 bridgehead atoms. The van der Waals surface area contributed by atoms with E-state index in [1.807, 2.05) is 12.1 Å². The monoisotopic (exact) mass is 604 g/mol. The average Bonchev–Trinajstić information content (AvgIpc) is 2.88. The van der Waals surface area contributed by atoms with Gasteiger partial charge in [0, 0.05) is 21.3 Å². The van der Waals surface area contributed by atoms with Crippen LogP contribution >= 0.6 is 23.5 Å². The molecule has 0 aliphatic heterocycles. The van der Waals surface area contributed by atoms with Crippen molar-refractivity contribution in [1.82, 2.24) is 0 Å². The van der Waals surface area contributed by atoms with Crippen LogP contribution in [0.1, 0.15) is 127 Å². The number of methoxy groups -OCH3 is 1. The van der Waals surface area contributed by atoms with E-state index in [4.69, 9.17) is 4.74 Å². The van der Waals surface area contributed by atoms with Crippen LogP contribution in [0.3, 0.4) is 0 Å². The Morgan fingerprint density at radius 3 is 1.10 bits per heavy atom. The Labute approximate surface area is 264 Å². The summed E-state index contributed by atoms with van der Waals surface area (Å²) in [4.78, 5) is 14.8. The van der Waals surface area contributed by atoms with E-state index in [0.717, 1.165) is 21.3 Å². The normalized spacial score (nSPS) is 12.9. The number of hydrogen-bond donors (Lipinski definition) is 0. The molecule has 0 spiro atoms. The van der Waals surface area contributed by atoms with E-state index in [9.17, 15) is 4.79 Å². The molecule has 0 saturated heterocycles. The van der Waals surface area contributed by atoms with Gasteiger partial charge in [0.1, 0.15) is 0 Å². The molecule has 0 atom stereocenters. The van der Waals surface area contributed by atoms with Crippen LogP contribution in [-0.2, 0) is 37.9 Å². The molecule has 0 amide bonds. The van der Waals surface area contributed by atoms with E-state index < -0.39 is 0 Å². The summed E-state index contributed by atoms with van der Waals surface area (Å²) in [5.74, 6) is 1.38. The Kier molecular flexibility index (Phi) is 10.5. The highest BCUT2D eigenvalue weighted by atomic mass is 32.2. The Hall–Kier alpha value is -2.17. The third kappa shape index (κ3) is 9.41. The van der Waals surface area contributed by atoms with E-state index in [2.05, 4.69) is 126 Å². The molecule has 3 rings (SSSR count). The highest BCUT2D eigenvalue weighted by Gasteiger charge is 2.22. The maximum Gasteiger partial charge on any atom is 0.337 e. The van der Waals surface area contributed by atoms with Crippen molar-refractivity contribution in [3.63, 3.8) is 0 Å². The molecule has 0 radical (unpaired) electrons. The van der Waals surface area contributed by atoms with Gasteiger partial charge in [-0.3, -0.25) is 0 Å². The van der Waals surface area contributed by atoms with Crippen molar-refractivity contribution in [2.75, 3.05) is 7.11 Å². The summed E-state index contributed by atoms with van der Waals surface area (Å²) >= 11 is 3.56. The van der Waals surface area contributed by atoms with E-state index in [1.54, 1.807) is 23.5 Å².